The maximum absolute atomic E-state index is 11.6. The fraction of sp³-hybridized carbons (Fsp3) is 0.333. The van der Waals surface area contributed by atoms with Gasteiger partial charge in [-0.1, -0.05) is 5.21 Å². The number of hydrogen-bond donors (Lipinski definition) is 1. The van der Waals surface area contributed by atoms with Crippen LogP contribution in [-0.2, 0) is 7.05 Å². The van der Waals surface area contributed by atoms with Gasteiger partial charge in [0.2, 0.25) is 5.75 Å². The number of methoxy groups -OCH3 is 1. The first-order valence-electron chi connectivity index (χ1n) is 4.63. The smallest absolute Gasteiger partial charge is 0.293 e. The zero-order valence-corrected chi connectivity index (χ0v) is 9.18. The normalized spacial score (nSPS) is 10.4. The van der Waals surface area contributed by atoms with E-state index in [0.29, 0.717) is 17.2 Å². The second kappa shape index (κ2) is 3.76. The highest BCUT2D eigenvalue weighted by molar-refractivity contribution is 5.47. The lowest BCUT2D eigenvalue weighted by atomic mass is 10.3. The molecule has 0 aromatic carbocycles. The van der Waals surface area contributed by atoms with Gasteiger partial charge in [0.05, 0.1) is 19.0 Å². The van der Waals surface area contributed by atoms with Gasteiger partial charge < -0.3 is 9.72 Å². The minimum absolute atomic E-state index is 0.215. The van der Waals surface area contributed by atoms with E-state index in [1.807, 2.05) is 0 Å². The molecule has 7 nitrogen and oxygen atoms in total. The molecule has 7 heteroatoms. The maximum Gasteiger partial charge on any atom is 0.293 e. The second-order valence-corrected chi connectivity index (χ2v) is 3.31. The molecule has 0 spiro atoms. The van der Waals surface area contributed by atoms with E-state index in [2.05, 4.69) is 20.3 Å². The molecule has 0 bridgehead atoms. The largest absolute Gasteiger partial charge is 0.490 e. The van der Waals surface area contributed by atoms with Gasteiger partial charge in [-0.25, -0.2) is 4.98 Å². The number of rotatable bonds is 2. The van der Waals surface area contributed by atoms with Gasteiger partial charge in [-0.15, -0.1) is 5.10 Å². The van der Waals surface area contributed by atoms with Crippen molar-refractivity contribution in [2.45, 2.75) is 6.92 Å². The van der Waals surface area contributed by atoms with E-state index in [9.17, 15) is 4.79 Å². The van der Waals surface area contributed by atoms with Gasteiger partial charge in [-0.05, 0) is 6.92 Å². The average molecular weight is 221 g/mol. The molecule has 0 aliphatic carbocycles. The van der Waals surface area contributed by atoms with Crippen molar-refractivity contribution < 1.29 is 4.74 Å². The van der Waals surface area contributed by atoms with E-state index < -0.39 is 0 Å². The van der Waals surface area contributed by atoms with Crippen molar-refractivity contribution in [3.05, 3.63) is 22.2 Å². The number of nitrogens with one attached hydrogen (secondary N) is 1. The first kappa shape index (κ1) is 10.3. The molecule has 0 amide bonds. The van der Waals surface area contributed by atoms with Crippen LogP contribution < -0.4 is 10.3 Å². The average Bonchev–Trinajstić information content (AvgIpc) is 2.64. The van der Waals surface area contributed by atoms with Crippen molar-refractivity contribution >= 4 is 0 Å². The monoisotopic (exact) mass is 221 g/mol. The van der Waals surface area contributed by atoms with Crippen LogP contribution in [0, 0.1) is 6.92 Å². The summed E-state index contributed by atoms with van der Waals surface area (Å²) in [6, 6.07) is 0. The number of hydrogen-bond acceptors (Lipinski definition) is 5. The van der Waals surface area contributed by atoms with Crippen LogP contribution in [-0.4, -0.2) is 32.1 Å². The Kier molecular flexibility index (Phi) is 2.43. The molecular weight excluding hydrogens is 210 g/mol. The van der Waals surface area contributed by atoms with Crippen molar-refractivity contribution in [2.75, 3.05) is 7.11 Å². The van der Waals surface area contributed by atoms with Crippen LogP contribution in [0.5, 0.6) is 5.75 Å². The Balaban J connectivity index is 2.56. The summed E-state index contributed by atoms with van der Waals surface area (Å²) in [6.45, 7) is 1.70. The number of aryl methyl sites for hydroxylation is 2. The molecule has 0 atom stereocenters. The number of nitrogens with zero attached hydrogens (tertiary/aromatic N) is 4. The highest BCUT2D eigenvalue weighted by Crippen LogP contribution is 2.13. The zero-order valence-electron chi connectivity index (χ0n) is 9.18. The fourth-order valence-electron chi connectivity index (χ4n) is 1.39. The summed E-state index contributed by atoms with van der Waals surface area (Å²) >= 11 is 0. The summed E-state index contributed by atoms with van der Waals surface area (Å²) in [5, 5.41) is 7.63. The molecule has 16 heavy (non-hydrogen) atoms. The van der Waals surface area contributed by atoms with E-state index in [1.54, 1.807) is 20.2 Å². The van der Waals surface area contributed by atoms with Crippen molar-refractivity contribution in [3.8, 4) is 17.3 Å². The third kappa shape index (κ3) is 1.67. The summed E-state index contributed by atoms with van der Waals surface area (Å²) in [7, 11) is 3.17. The SMILES string of the molecule is COc1c(C)nc(-c2cn(C)nn2)[nH]c1=O. The quantitative estimate of drug-likeness (QED) is 0.764. The molecule has 1 N–H and O–H groups in total. The second-order valence-electron chi connectivity index (χ2n) is 3.31. The van der Waals surface area contributed by atoms with Gasteiger partial charge in [0.25, 0.3) is 5.56 Å². The molecular formula is C9H11N5O2. The fourth-order valence-corrected chi connectivity index (χ4v) is 1.39. The number of aromatic amines is 1. The number of aromatic nitrogens is 5. The van der Waals surface area contributed by atoms with Gasteiger partial charge in [-0.3, -0.25) is 9.48 Å². The molecule has 0 fully saturated rings. The van der Waals surface area contributed by atoms with Gasteiger partial charge >= 0.3 is 0 Å². The van der Waals surface area contributed by atoms with Crippen LogP contribution in [0.4, 0.5) is 0 Å². The molecule has 84 valence electrons. The van der Waals surface area contributed by atoms with Gasteiger partial charge in [0.15, 0.2) is 5.82 Å². The summed E-state index contributed by atoms with van der Waals surface area (Å²) in [5.74, 6) is 0.601. The van der Waals surface area contributed by atoms with E-state index >= 15 is 0 Å². The molecule has 0 saturated heterocycles. The Bertz CT molecular complexity index is 572. The van der Waals surface area contributed by atoms with E-state index in [4.69, 9.17) is 4.74 Å². The lowest BCUT2D eigenvalue weighted by Gasteiger charge is -2.03. The summed E-state index contributed by atoms with van der Waals surface area (Å²) in [5.41, 5.74) is 0.716. The summed E-state index contributed by atoms with van der Waals surface area (Å²) in [4.78, 5) is 18.4. The van der Waals surface area contributed by atoms with Crippen molar-refractivity contribution in [3.63, 3.8) is 0 Å². The summed E-state index contributed by atoms with van der Waals surface area (Å²) in [6.07, 6.45) is 1.67. The zero-order chi connectivity index (χ0) is 11.7. The third-order valence-corrected chi connectivity index (χ3v) is 2.10. The highest BCUT2D eigenvalue weighted by Gasteiger charge is 2.11. The molecule has 0 radical (unpaired) electrons. The first-order valence-corrected chi connectivity index (χ1v) is 4.63. The van der Waals surface area contributed by atoms with Gasteiger partial charge in [-0.2, -0.15) is 0 Å². The molecule has 2 aromatic heterocycles. The standard InChI is InChI=1S/C9H11N5O2/c1-5-7(16-3)9(15)11-8(10-5)6-4-14(2)13-12-6/h4H,1-3H3,(H,10,11,15). The lowest BCUT2D eigenvalue weighted by Crippen LogP contribution is -2.14. The Morgan fingerprint density at radius 3 is 2.75 bits per heavy atom. The van der Waals surface area contributed by atoms with Crippen molar-refractivity contribution in [1.29, 1.82) is 0 Å². The van der Waals surface area contributed by atoms with Crippen LogP contribution in [0.15, 0.2) is 11.0 Å². The first-order chi connectivity index (χ1) is 7.61. The Morgan fingerprint density at radius 2 is 2.25 bits per heavy atom. The Hall–Kier alpha value is -2.18. The summed E-state index contributed by atoms with van der Waals surface area (Å²) < 4.78 is 6.46. The van der Waals surface area contributed by atoms with E-state index in [1.165, 1.54) is 11.8 Å². The van der Waals surface area contributed by atoms with Crippen LogP contribution in [0.25, 0.3) is 11.5 Å². The van der Waals surface area contributed by atoms with E-state index in [0.717, 1.165) is 0 Å². The molecule has 2 aromatic rings. The van der Waals surface area contributed by atoms with E-state index in [-0.39, 0.29) is 11.3 Å². The maximum atomic E-state index is 11.6. The van der Waals surface area contributed by atoms with Crippen LogP contribution >= 0.6 is 0 Å². The minimum atomic E-state index is -0.323. The molecule has 2 heterocycles. The van der Waals surface area contributed by atoms with Crippen LogP contribution in [0.3, 0.4) is 0 Å². The third-order valence-electron chi connectivity index (χ3n) is 2.10. The van der Waals surface area contributed by atoms with Crippen molar-refractivity contribution in [1.82, 2.24) is 25.0 Å². The van der Waals surface area contributed by atoms with Crippen LogP contribution in [0.1, 0.15) is 5.69 Å². The van der Waals surface area contributed by atoms with Crippen molar-refractivity contribution in [2.24, 2.45) is 7.05 Å². The highest BCUT2D eigenvalue weighted by atomic mass is 16.5. The predicted octanol–water partition coefficient (Wildman–Crippen LogP) is -0.118. The Morgan fingerprint density at radius 1 is 1.50 bits per heavy atom. The lowest BCUT2D eigenvalue weighted by molar-refractivity contribution is 0.402. The predicted molar refractivity (Wildman–Crippen MR) is 56.1 cm³/mol. The molecule has 0 aliphatic rings. The Labute approximate surface area is 91.1 Å². The molecule has 2 rings (SSSR count). The molecule has 0 aliphatic heterocycles. The van der Waals surface area contributed by atoms with Crippen LogP contribution in [0.2, 0.25) is 0 Å². The minimum Gasteiger partial charge on any atom is -0.490 e. The number of H-pyrrole nitrogens is 1. The molecule has 0 saturated carbocycles. The topological polar surface area (TPSA) is 85.7 Å². The van der Waals surface area contributed by atoms with Gasteiger partial charge in [0, 0.05) is 7.05 Å². The molecule has 0 unspecified atom stereocenters. The van der Waals surface area contributed by atoms with Gasteiger partial charge in [0.1, 0.15) is 5.69 Å². The number of ether oxygens (including phenoxy) is 1.